The molecule has 0 aliphatic carbocycles. The summed E-state index contributed by atoms with van der Waals surface area (Å²) in [5.41, 5.74) is 1.34. The van der Waals surface area contributed by atoms with Crippen LogP contribution >= 0.6 is 11.3 Å². The van der Waals surface area contributed by atoms with Gasteiger partial charge >= 0.3 is 0 Å². The van der Waals surface area contributed by atoms with E-state index in [1.165, 1.54) is 17.0 Å². The molecule has 0 radical (unpaired) electrons. The second-order valence-corrected chi connectivity index (χ2v) is 7.69. The molecule has 4 rings (SSSR count). The van der Waals surface area contributed by atoms with Gasteiger partial charge in [0.25, 0.3) is 0 Å². The van der Waals surface area contributed by atoms with Gasteiger partial charge in [0.1, 0.15) is 5.01 Å². The van der Waals surface area contributed by atoms with E-state index >= 15 is 0 Å². The Kier molecular flexibility index (Phi) is 5.18. The van der Waals surface area contributed by atoms with Crippen LogP contribution in [-0.4, -0.2) is 58.7 Å². The summed E-state index contributed by atoms with van der Waals surface area (Å²) in [7, 11) is 0. The lowest BCUT2D eigenvalue weighted by Gasteiger charge is -2.37. The molecule has 128 valence electrons. The smallest absolute Gasteiger partial charge is 0.107 e. The van der Waals surface area contributed by atoms with Crippen molar-refractivity contribution in [3.05, 3.63) is 46.7 Å². The van der Waals surface area contributed by atoms with Gasteiger partial charge in [-0.2, -0.15) is 0 Å². The molecule has 24 heavy (non-hydrogen) atoms. The number of hydrogen-bond donors (Lipinski definition) is 0. The first kappa shape index (κ1) is 16.1. The lowest BCUT2D eigenvalue weighted by Crippen LogP contribution is -2.46. The van der Waals surface area contributed by atoms with Crippen LogP contribution in [-0.2, 0) is 17.8 Å². The highest BCUT2D eigenvalue weighted by atomic mass is 32.1. The van der Waals surface area contributed by atoms with Crippen LogP contribution in [0.4, 0.5) is 0 Å². The Morgan fingerprint density at radius 1 is 1.08 bits per heavy atom. The van der Waals surface area contributed by atoms with E-state index in [9.17, 15) is 0 Å². The van der Waals surface area contributed by atoms with Gasteiger partial charge in [-0.1, -0.05) is 0 Å². The number of fused-ring (bicyclic) bond motifs is 1. The fourth-order valence-electron chi connectivity index (χ4n) is 3.74. The van der Waals surface area contributed by atoms with E-state index < -0.39 is 0 Å². The minimum atomic E-state index is 0.362. The molecule has 2 aromatic heterocycles. The first-order valence-electron chi connectivity index (χ1n) is 8.70. The highest BCUT2D eigenvalue weighted by molar-refractivity contribution is 7.09. The zero-order chi connectivity index (χ0) is 16.2. The van der Waals surface area contributed by atoms with Crippen LogP contribution in [0.15, 0.2) is 36.1 Å². The summed E-state index contributed by atoms with van der Waals surface area (Å²) in [6.07, 6.45) is 7.23. The Morgan fingerprint density at radius 2 is 1.96 bits per heavy atom. The van der Waals surface area contributed by atoms with Crippen molar-refractivity contribution in [2.24, 2.45) is 5.92 Å². The Bertz CT molecular complexity index is 621. The quantitative estimate of drug-likeness (QED) is 0.851. The van der Waals surface area contributed by atoms with Gasteiger partial charge in [-0.25, -0.2) is 4.98 Å². The molecule has 6 heteroatoms. The summed E-state index contributed by atoms with van der Waals surface area (Å²) < 4.78 is 6.21. The van der Waals surface area contributed by atoms with Crippen molar-refractivity contribution < 1.29 is 4.74 Å². The molecule has 2 aliphatic rings. The van der Waals surface area contributed by atoms with Crippen molar-refractivity contribution in [3.8, 4) is 0 Å². The van der Waals surface area contributed by atoms with Crippen LogP contribution in [0.5, 0.6) is 0 Å². The van der Waals surface area contributed by atoms with Crippen LogP contribution in [0, 0.1) is 5.92 Å². The summed E-state index contributed by atoms with van der Waals surface area (Å²) in [5.74, 6) is 0.641. The van der Waals surface area contributed by atoms with E-state index in [1.54, 1.807) is 11.3 Å². The third-order valence-electron chi connectivity index (χ3n) is 5.01. The average Bonchev–Trinajstić information content (AvgIpc) is 3.02. The second kappa shape index (κ2) is 7.70. The molecule has 0 aromatic carbocycles. The molecular weight excluding hydrogens is 320 g/mol. The van der Waals surface area contributed by atoms with E-state index in [-0.39, 0.29) is 0 Å². The van der Waals surface area contributed by atoms with Crippen molar-refractivity contribution in [1.29, 1.82) is 0 Å². The fraction of sp³-hybridized carbons (Fsp3) is 0.556. The zero-order valence-electron chi connectivity index (χ0n) is 13.9. The molecule has 4 heterocycles. The minimum absolute atomic E-state index is 0.362. The Labute approximate surface area is 147 Å². The summed E-state index contributed by atoms with van der Waals surface area (Å²) in [6.45, 7) is 7.13. The van der Waals surface area contributed by atoms with Gasteiger partial charge < -0.3 is 4.74 Å². The number of piperidine rings is 1. The monoisotopic (exact) mass is 344 g/mol. The second-order valence-electron chi connectivity index (χ2n) is 6.71. The van der Waals surface area contributed by atoms with E-state index in [0.717, 1.165) is 45.9 Å². The molecule has 0 N–H and O–H groups in total. The molecule has 2 atom stereocenters. The number of pyridine rings is 1. The topological polar surface area (TPSA) is 41.5 Å². The molecule has 2 saturated heterocycles. The summed E-state index contributed by atoms with van der Waals surface area (Å²) in [6, 6.07) is 4.22. The minimum Gasteiger partial charge on any atom is -0.375 e. The number of nitrogens with zero attached hydrogens (tertiary/aromatic N) is 4. The number of aromatic nitrogens is 2. The van der Waals surface area contributed by atoms with Crippen molar-refractivity contribution in [1.82, 2.24) is 19.8 Å². The molecule has 0 bridgehead atoms. The zero-order valence-corrected chi connectivity index (χ0v) is 14.7. The molecule has 2 fully saturated rings. The molecule has 0 spiro atoms. The largest absolute Gasteiger partial charge is 0.375 e. The highest BCUT2D eigenvalue weighted by Crippen LogP contribution is 2.26. The summed E-state index contributed by atoms with van der Waals surface area (Å²) >= 11 is 1.74. The van der Waals surface area contributed by atoms with Crippen LogP contribution in [0.2, 0.25) is 0 Å². The maximum Gasteiger partial charge on any atom is 0.107 e. The Hall–Kier alpha value is -1.34. The van der Waals surface area contributed by atoms with Gasteiger partial charge in [-0.3, -0.25) is 14.8 Å². The number of hydrogen-bond acceptors (Lipinski definition) is 6. The van der Waals surface area contributed by atoms with E-state index in [1.807, 2.05) is 18.6 Å². The van der Waals surface area contributed by atoms with Gasteiger partial charge in [0.15, 0.2) is 0 Å². The molecule has 2 aliphatic heterocycles. The van der Waals surface area contributed by atoms with Gasteiger partial charge in [-0.15, -0.1) is 11.3 Å². The van der Waals surface area contributed by atoms with E-state index in [0.29, 0.717) is 12.0 Å². The summed E-state index contributed by atoms with van der Waals surface area (Å²) in [5, 5.41) is 3.27. The maximum absolute atomic E-state index is 6.21. The third kappa shape index (κ3) is 4.00. The first-order chi connectivity index (χ1) is 11.9. The van der Waals surface area contributed by atoms with Gasteiger partial charge in [-0.05, 0) is 30.7 Å². The SMILES string of the molecule is c1cc(CN2CCO[C@H]3CN(Cc4nccs4)CC[C@H]3C2)ccn1. The normalized spacial score (nSPS) is 26.0. The number of thiazole rings is 1. The molecular formula is C18H24N4OS. The van der Waals surface area contributed by atoms with Crippen LogP contribution in [0.25, 0.3) is 0 Å². The van der Waals surface area contributed by atoms with Crippen molar-refractivity contribution >= 4 is 11.3 Å². The molecule has 0 amide bonds. The predicted octanol–water partition coefficient (Wildman–Crippen LogP) is 2.26. The Morgan fingerprint density at radius 3 is 2.79 bits per heavy atom. The maximum atomic E-state index is 6.21. The lowest BCUT2D eigenvalue weighted by molar-refractivity contribution is -0.0242. The predicted molar refractivity (Wildman–Crippen MR) is 94.8 cm³/mol. The van der Waals surface area contributed by atoms with Crippen LogP contribution in [0.3, 0.4) is 0 Å². The standard InChI is InChI=1S/C18H24N4OS/c1-4-19-5-2-15(1)11-22-8-9-23-17-13-21(7-3-16(17)12-22)14-18-20-6-10-24-18/h1-2,4-6,10,16-17H,3,7-9,11-14H2/t16-,17-/m0/s1. The average molecular weight is 344 g/mol. The number of likely N-dealkylation sites (tertiary alicyclic amines) is 1. The van der Waals surface area contributed by atoms with Crippen molar-refractivity contribution in [2.75, 3.05) is 32.8 Å². The number of ether oxygens (including phenoxy) is 1. The van der Waals surface area contributed by atoms with Gasteiger partial charge in [0.2, 0.25) is 0 Å². The van der Waals surface area contributed by atoms with Crippen LogP contribution < -0.4 is 0 Å². The third-order valence-corrected chi connectivity index (χ3v) is 5.77. The first-order valence-corrected chi connectivity index (χ1v) is 9.58. The summed E-state index contributed by atoms with van der Waals surface area (Å²) in [4.78, 5) is 13.6. The fourth-order valence-corrected chi connectivity index (χ4v) is 4.40. The molecule has 0 saturated carbocycles. The van der Waals surface area contributed by atoms with Gasteiger partial charge in [0, 0.05) is 56.1 Å². The molecule has 5 nitrogen and oxygen atoms in total. The van der Waals surface area contributed by atoms with Crippen molar-refractivity contribution in [3.63, 3.8) is 0 Å². The molecule has 0 unspecified atom stereocenters. The van der Waals surface area contributed by atoms with Gasteiger partial charge in [0.05, 0.1) is 19.3 Å². The van der Waals surface area contributed by atoms with Crippen LogP contribution in [0.1, 0.15) is 17.0 Å². The number of rotatable bonds is 4. The van der Waals surface area contributed by atoms with Crippen molar-refractivity contribution in [2.45, 2.75) is 25.6 Å². The van der Waals surface area contributed by atoms with E-state index in [2.05, 4.69) is 37.3 Å². The lowest BCUT2D eigenvalue weighted by atomic mass is 9.93. The molecule has 2 aromatic rings. The highest BCUT2D eigenvalue weighted by Gasteiger charge is 2.33. The Balaban J connectivity index is 1.34. The van der Waals surface area contributed by atoms with E-state index in [4.69, 9.17) is 4.74 Å².